The van der Waals surface area contributed by atoms with Gasteiger partial charge >= 0.3 is 0 Å². The van der Waals surface area contributed by atoms with Gasteiger partial charge in [0.15, 0.2) is 0 Å². The molecule has 0 radical (unpaired) electrons. The van der Waals surface area contributed by atoms with Crippen molar-refractivity contribution in [2.24, 2.45) is 11.7 Å². The van der Waals surface area contributed by atoms with Crippen LogP contribution in [0, 0.1) is 5.92 Å². The van der Waals surface area contributed by atoms with Crippen molar-refractivity contribution in [3.63, 3.8) is 0 Å². The van der Waals surface area contributed by atoms with E-state index in [1.807, 2.05) is 6.08 Å². The summed E-state index contributed by atoms with van der Waals surface area (Å²) in [6, 6.07) is 8.83. The third-order valence-corrected chi connectivity index (χ3v) is 3.63. The molecule has 2 N–H and O–H groups in total. The second-order valence-electron chi connectivity index (χ2n) is 5.37. The molecule has 0 fully saturated rings. The highest BCUT2D eigenvalue weighted by Crippen LogP contribution is 2.20. The topological polar surface area (TPSA) is 26.0 Å². The molecule has 1 heteroatoms. The van der Waals surface area contributed by atoms with Gasteiger partial charge in [0, 0.05) is 6.54 Å². The van der Waals surface area contributed by atoms with Crippen LogP contribution >= 0.6 is 0 Å². The molecule has 1 aromatic rings. The highest BCUT2D eigenvalue weighted by molar-refractivity contribution is 5.50. The molecular formula is C18H29N. The Morgan fingerprint density at radius 3 is 2.47 bits per heavy atom. The van der Waals surface area contributed by atoms with Crippen molar-refractivity contribution in [2.45, 2.75) is 52.4 Å². The van der Waals surface area contributed by atoms with Crippen LogP contribution in [0.3, 0.4) is 0 Å². The summed E-state index contributed by atoms with van der Waals surface area (Å²) < 4.78 is 0. The summed E-state index contributed by atoms with van der Waals surface area (Å²) in [5, 5.41) is 0. The molecule has 0 spiro atoms. The first-order valence-corrected chi connectivity index (χ1v) is 7.75. The van der Waals surface area contributed by atoms with E-state index in [1.165, 1.54) is 49.7 Å². The number of aryl methyl sites for hydroxylation is 1. The molecular weight excluding hydrogens is 230 g/mol. The van der Waals surface area contributed by atoms with Gasteiger partial charge in [0.05, 0.1) is 0 Å². The van der Waals surface area contributed by atoms with Gasteiger partial charge in [0.25, 0.3) is 0 Å². The molecule has 0 heterocycles. The molecule has 0 aliphatic heterocycles. The molecule has 106 valence electrons. The van der Waals surface area contributed by atoms with Gasteiger partial charge in [0.1, 0.15) is 0 Å². The highest BCUT2D eigenvalue weighted by Gasteiger charge is 2.06. The molecule has 19 heavy (non-hydrogen) atoms. The standard InChI is InChI=1S/C18H29N/c1-3-7-16(8-4-2)12-13-18-10-5-9-17(15-18)11-6-14-19/h5-6,9-11,15-16H,3-4,7-8,12-14,19H2,1-2H3. The molecule has 0 unspecified atom stereocenters. The minimum Gasteiger partial charge on any atom is -0.327 e. The van der Waals surface area contributed by atoms with Crippen molar-refractivity contribution in [1.82, 2.24) is 0 Å². The second kappa shape index (κ2) is 9.80. The first kappa shape index (κ1) is 16.0. The maximum atomic E-state index is 5.49. The predicted molar refractivity (Wildman–Crippen MR) is 86.2 cm³/mol. The third-order valence-electron chi connectivity index (χ3n) is 3.63. The fraction of sp³-hybridized carbons (Fsp3) is 0.556. The number of benzene rings is 1. The number of hydrogen-bond donors (Lipinski definition) is 1. The van der Waals surface area contributed by atoms with Crippen LogP contribution < -0.4 is 5.73 Å². The summed E-state index contributed by atoms with van der Waals surface area (Å²) in [5.74, 6) is 0.901. The second-order valence-corrected chi connectivity index (χ2v) is 5.37. The van der Waals surface area contributed by atoms with Crippen molar-refractivity contribution in [3.05, 3.63) is 41.5 Å². The van der Waals surface area contributed by atoms with E-state index < -0.39 is 0 Å². The molecule has 0 aliphatic rings. The Morgan fingerprint density at radius 2 is 1.84 bits per heavy atom. The molecule has 0 saturated carbocycles. The maximum Gasteiger partial charge on any atom is 0.0110 e. The Labute approximate surface area is 118 Å². The molecule has 1 nitrogen and oxygen atoms in total. The Bertz CT molecular complexity index is 362. The van der Waals surface area contributed by atoms with Crippen LogP contribution in [0.25, 0.3) is 6.08 Å². The summed E-state index contributed by atoms with van der Waals surface area (Å²) in [4.78, 5) is 0. The van der Waals surface area contributed by atoms with Crippen LogP contribution in [0.2, 0.25) is 0 Å². The lowest BCUT2D eigenvalue weighted by atomic mass is 9.91. The van der Waals surface area contributed by atoms with Crippen molar-refractivity contribution >= 4 is 6.08 Å². The van der Waals surface area contributed by atoms with Gasteiger partial charge in [-0.15, -0.1) is 0 Å². The van der Waals surface area contributed by atoms with Crippen molar-refractivity contribution in [3.8, 4) is 0 Å². The first-order valence-electron chi connectivity index (χ1n) is 7.75. The molecule has 0 aromatic heterocycles. The van der Waals surface area contributed by atoms with Gasteiger partial charge in [-0.1, -0.05) is 75.9 Å². The molecule has 1 rings (SSSR count). The Hall–Kier alpha value is -1.08. The molecule has 0 saturated heterocycles. The smallest absolute Gasteiger partial charge is 0.0110 e. The zero-order valence-electron chi connectivity index (χ0n) is 12.6. The minimum absolute atomic E-state index is 0.610. The van der Waals surface area contributed by atoms with Crippen LogP contribution in [0.15, 0.2) is 30.3 Å². The van der Waals surface area contributed by atoms with Crippen molar-refractivity contribution < 1.29 is 0 Å². The van der Waals surface area contributed by atoms with Gasteiger partial charge < -0.3 is 5.73 Å². The van der Waals surface area contributed by atoms with Gasteiger partial charge in [-0.2, -0.15) is 0 Å². The zero-order valence-corrected chi connectivity index (χ0v) is 12.6. The largest absolute Gasteiger partial charge is 0.327 e. The lowest BCUT2D eigenvalue weighted by molar-refractivity contribution is 0.411. The zero-order chi connectivity index (χ0) is 13.9. The lowest BCUT2D eigenvalue weighted by Gasteiger charge is -2.15. The summed E-state index contributed by atoms with van der Waals surface area (Å²) in [5.41, 5.74) is 8.22. The first-order chi connectivity index (χ1) is 9.30. The van der Waals surface area contributed by atoms with E-state index in [0.717, 1.165) is 5.92 Å². The Kier molecular flexibility index (Phi) is 8.24. The normalized spacial score (nSPS) is 11.6. The van der Waals surface area contributed by atoms with E-state index in [1.54, 1.807) is 0 Å². The molecule has 0 atom stereocenters. The van der Waals surface area contributed by atoms with Crippen LogP contribution in [0.1, 0.15) is 57.1 Å². The summed E-state index contributed by atoms with van der Waals surface area (Å²) >= 11 is 0. The maximum absolute atomic E-state index is 5.49. The monoisotopic (exact) mass is 259 g/mol. The summed E-state index contributed by atoms with van der Waals surface area (Å²) in [7, 11) is 0. The molecule has 0 amide bonds. The average molecular weight is 259 g/mol. The quantitative estimate of drug-likeness (QED) is 0.677. The molecule has 0 bridgehead atoms. The van der Waals surface area contributed by atoms with Crippen LogP contribution in [-0.4, -0.2) is 6.54 Å². The van der Waals surface area contributed by atoms with E-state index in [9.17, 15) is 0 Å². The minimum atomic E-state index is 0.610. The Morgan fingerprint density at radius 1 is 1.11 bits per heavy atom. The number of nitrogens with two attached hydrogens (primary N) is 1. The summed E-state index contributed by atoms with van der Waals surface area (Å²) in [6.07, 6.45) is 12.0. The van der Waals surface area contributed by atoms with Gasteiger partial charge in [0.2, 0.25) is 0 Å². The highest BCUT2D eigenvalue weighted by atomic mass is 14.5. The van der Waals surface area contributed by atoms with Crippen LogP contribution in [-0.2, 0) is 6.42 Å². The predicted octanol–water partition coefficient (Wildman–Crippen LogP) is 4.81. The van der Waals surface area contributed by atoms with Crippen molar-refractivity contribution in [1.29, 1.82) is 0 Å². The number of rotatable bonds is 9. The van der Waals surface area contributed by atoms with E-state index >= 15 is 0 Å². The van der Waals surface area contributed by atoms with Crippen LogP contribution in [0.4, 0.5) is 0 Å². The molecule has 1 aromatic carbocycles. The third kappa shape index (κ3) is 6.58. The number of hydrogen-bond acceptors (Lipinski definition) is 1. The summed E-state index contributed by atoms with van der Waals surface area (Å²) in [6.45, 7) is 5.20. The molecule has 0 aliphatic carbocycles. The van der Waals surface area contributed by atoms with E-state index in [4.69, 9.17) is 5.73 Å². The van der Waals surface area contributed by atoms with Crippen LogP contribution in [0.5, 0.6) is 0 Å². The van der Waals surface area contributed by atoms with E-state index in [2.05, 4.69) is 44.2 Å². The van der Waals surface area contributed by atoms with E-state index in [-0.39, 0.29) is 0 Å². The van der Waals surface area contributed by atoms with Gasteiger partial charge in [-0.05, 0) is 29.9 Å². The SMILES string of the molecule is CCCC(CCC)CCc1cccc(C=CCN)c1. The van der Waals surface area contributed by atoms with Crippen molar-refractivity contribution in [2.75, 3.05) is 6.54 Å². The van der Waals surface area contributed by atoms with Gasteiger partial charge in [-0.3, -0.25) is 0 Å². The Balaban J connectivity index is 2.53. The fourth-order valence-corrected chi connectivity index (χ4v) is 2.68. The fourth-order valence-electron chi connectivity index (χ4n) is 2.68. The average Bonchev–Trinajstić information content (AvgIpc) is 2.43. The van der Waals surface area contributed by atoms with Gasteiger partial charge in [-0.25, -0.2) is 0 Å². The lowest BCUT2D eigenvalue weighted by Crippen LogP contribution is -2.02. The van der Waals surface area contributed by atoms with E-state index in [0.29, 0.717) is 6.54 Å².